The van der Waals surface area contributed by atoms with E-state index < -0.39 is 5.41 Å². The van der Waals surface area contributed by atoms with Gasteiger partial charge in [-0.15, -0.1) is 0 Å². The van der Waals surface area contributed by atoms with E-state index in [0.29, 0.717) is 36.6 Å². The second kappa shape index (κ2) is 6.73. The second-order valence-corrected chi connectivity index (χ2v) is 8.90. The molecule has 1 spiro atoms. The van der Waals surface area contributed by atoms with Crippen LogP contribution in [-0.2, 0) is 16.0 Å². The van der Waals surface area contributed by atoms with Crippen molar-refractivity contribution < 1.29 is 9.59 Å². The molecule has 4 heteroatoms. The predicted molar refractivity (Wildman–Crippen MR) is 111 cm³/mol. The molecule has 0 bridgehead atoms. The van der Waals surface area contributed by atoms with Gasteiger partial charge in [-0.05, 0) is 54.9 Å². The van der Waals surface area contributed by atoms with Gasteiger partial charge in [0.1, 0.15) is 17.0 Å². The molecule has 1 saturated heterocycles. The highest BCUT2D eigenvalue weighted by atomic mass is 35.5. The number of rotatable bonds is 1. The van der Waals surface area contributed by atoms with Crippen LogP contribution in [0.25, 0.3) is 0 Å². The van der Waals surface area contributed by atoms with Crippen LogP contribution < -0.4 is 4.90 Å². The van der Waals surface area contributed by atoms with E-state index >= 15 is 0 Å². The van der Waals surface area contributed by atoms with Gasteiger partial charge in [0.25, 0.3) is 0 Å². The van der Waals surface area contributed by atoms with E-state index in [9.17, 15) is 9.59 Å². The molecule has 0 radical (unpaired) electrons. The molecule has 3 nitrogen and oxygen atoms in total. The standard InChI is InChI=1S/C24H24ClNO2/c25-19-10-9-18-15-24(22(27)7-4-8-23(24)28)21-13-17(16-5-2-1-3-6-16)11-12-26(21)20(18)14-19/h1-3,5-6,9-10,14,17,21H,4,7-8,11-13,15H2/t17-,21+/m1/s1. The van der Waals surface area contributed by atoms with Crippen LogP contribution in [0.1, 0.15) is 49.1 Å². The highest BCUT2D eigenvalue weighted by Gasteiger charge is 2.58. The molecule has 2 fully saturated rings. The van der Waals surface area contributed by atoms with Crippen molar-refractivity contribution in [2.45, 2.75) is 50.5 Å². The van der Waals surface area contributed by atoms with E-state index in [1.54, 1.807) is 0 Å². The van der Waals surface area contributed by atoms with Crippen molar-refractivity contribution in [2.75, 3.05) is 11.4 Å². The molecule has 0 unspecified atom stereocenters. The Morgan fingerprint density at radius 2 is 1.75 bits per heavy atom. The molecule has 1 saturated carbocycles. The zero-order valence-corrected chi connectivity index (χ0v) is 16.6. The predicted octanol–water partition coefficient (Wildman–Crippen LogP) is 4.96. The Balaban J connectivity index is 1.62. The first-order valence-electron chi connectivity index (χ1n) is 10.3. The van der Waals surface area contributed by atoms with Gasteiger partial charge < -0.3 is 4.90 Å². The molecular formula is C24H24ClNO2. The third kappa shape index (κ3) is 2.63. The quantitative estimate of drug-likeness (QED) is 0.643. The van der Waals surface area contributed by atoms with Gasteiger partial charge in [-0.1, -0.05) is 48.0 Å². The highest BCUT2D eigenvalue weighted by molar-refractivity contribution is 6.31. The second-order valence-electron chi connectivity index (χ2n) is 8.46. The number of hydrogen-bond donors (Lipinski definition) is 0. The lowest BCUT2D eigenvalue weighted by atomic mass is 9.58. The molecule has 0 N–H and O–H groups in total. The minimum atomic E-state index is -0.882. The molecule has 1 aliphatic carbocycles. The van der Waals surface area contributed by atoms with Crippen molar-refractivity contribution in [2.24, 2.45) is 5.41 Å². The molecule has 2 aromatic rings. The maximum atomic E-state index is 13.3. The van der Waals surface area contributed by atoms with Gasteiger partial charge in [-0.2, -0.15) is 0 Å². The zero-order valence-electron chi connectivity index (χ0n) is 15.9. The molecule has 3 aliphatic rings. The van der Waals surface area contributed by atoms with Crippen molar-refractivity contribution in [1.29, 1.82) is 0 Å². The largest absolute Gasteiger partial charge is 0.367 e. The fraction of sp³-hybridized carbons (Fsp3) is 0.417. The number of halogens is 1. The van der Waals surface area contributed by atoms with Crippen molar-refractivity contribution in [3.63, 3.8) is 0 Å². The lowest BCUT2D eigenvalue weighted by molar-refractivity contribution is -0.146. The van der Waals surface area contributed by atoms with Crippen LogP contribution in [0.4, 0.5) is 5.69 Å². The average molecular weight is 394 g/mol. The van der Waals surface area contributed by atoms with E-state index in [0.717, 1.165) is 30.6 Å². The smallest absolute Gasteiger partial charge is 0.148 e. The van der Waals surface area contributed by atoms with Gasteiger partial charge in [-0.3, -0.25) is 9.59 Å². The summed E-state index contributed by atoms with van der Waals surface area (Å²) < 4.78 is 0. The van der Waals surface area contributed by atoms with Gasteiger partial charge in [0.2, 0.25) is 0 Å². The highest BCUT2D eigenvalue weighted by Crippen LogP contribution is 2.51. The molecule has 0 aromatic heterocycles. The number of Topliss-reactive ketones (excluding diaryl/α,β-unsaturated/α-hetero) is 2. The molecule has 2 heterocycles. The minimum absolute atomic E-state index is 0.0716. The molecule has 5 rings (SSSR count). The number of piperidine rings is 1. The van der Waals surface area contributed by atoms with E-state index in [1.807, 2.05) is 24.3 Å². The Bertz CT molecular complexity index is 923. The fourth-order valence-corrected chi connectivity index (χ4v) is 5.87. The normalized spacial score (nSPS) is 26.1. The first-order valence-corrected chi connectivity index (χ1v) is 10.6. The zero-order chi connectivity index (χ0) is 19.3. The number of carbonyl (C=O) groups excluding carboxylic acids is 2. The minimum Gasteiger partial charge on any atom is -0.367 e. The van der Waals surface area contributed by atoms with Gasteiger partial charge >= 0.3 is 0 Å². The van der Waals surface area contributed by atoms with Crippen molar-refractivity contribution in [3.05, 3.63) is 64.7 Å². The number of ketones is 2. The molecule has 28 heavy (non-hydrogen) atoms. The summed E-state index contributed by atoms with van der Waals surface area (Å²) in [7, 11) is 0. The number of benzene rings is 2. The summed E-state index contributed by atoms with van der Waals surface area (Å²) in [6, 6.07) is 16.4. The molecule has 2 aromatic carbocycles. The summed E-state index contributed by atoms with van der Waals surface area (Å²) in [5.74, 6) is 0.670. The Labute approximate surface area is 170 Å². The van der Waals surface area contributed by atoms with Gasteiger partial charge in [0, 0.05) is 36.1 Å². The Morgan fingerprint density at radius 3 is 2.50 bits per heavy atom. The van der Waals surface area contributed by atoms with Crippen LogP contribution in [-0.4, -0.2) is 24.2 Å². The van der Waals surface area contributed by atoms with E-state index in [-0.39, 0.29) is 17.6 Å². The SMILES string of the molecule is O=C1CCCC(=O)C12Cc1ccc(Cl)cc1N1CC[C@@H](c3ccccc3)C[C@H]12. The van der Waals surface area contributed by atoms with E-state index in [1.165, 1.54) is 5.56 Å². The lowest BCUT2D eigenvalue weighted by Gasteiger charge is -2.54. The van der Waals surface area contributed by atoms with Crippen molar-refractivity contribution in [1.82, 2.24) is 0 Å². The van der Waals surface area contributed by atoms with Gasteiger partial charge in [0.15, 0.2) is 0 Å². The number of fused-ring (bicyclic) bond motifs is 4. The van der Waals surface area contributed by atoms with E-state index in [4.69, 9.17) is 11.6 Å². The summed E-state index contributed by atoms with van der Waals surface area (Å²) in [6.45, 7) is 0.847. The van der Waals surface area contributed by atoms with Crippen LogP contribution in [0.3, 0.4) is 0 Å². The summed E-state index contributed by atoms with van der Waals surface area (Å²) in [5, 5.41) is 0.708. The number of carbonyl (C=O) groups is 2. The van der Waals surface area contributed by atoms with Crippen molar-refractivity contribution in [3.8, 4) is 0 Å². The van der Waals surface area contributed by atoms with Crippen LogP contribution in [0.2, 0.25) is 5.02 Å². The fourth-order valence-electron chi connectivity index (χ4n) is 5.70. The number of anilines is 1. The molecule has 2 atom stereocenters. The summed E-state index contributed by atoms with van der Waals surface area (Å²) in [5.41, 5.74) is 2.63. The summed E-state index contributed by atoms with van der Waals surface area (Å²) in [4.78, 5) is 28.9. The number of hydrogen-bond acceptors (Lipinski definition) is 3. The lowest BCUT2D eigenvalue weighted by Crippen LogP contribution is -2.63. The number of nitrogens with zero attached hydrogens (tertiary/aromatic N) is 1. The van der Waals surface area contributed by atoms with Gasteiger partial charge in [-0.25, -0.2) is 0 Å². The maximum Gasteiger partial charge on any atom is 0.148 e. The molecule has 144 valence electrons. The third-order valence-corrected chi connectivity index (χ3v) is 7.31. The topological polar surface area (TPSA) is 37.4 Å². The molecular weight excluding hydrogens is 370 g/mol. The van der Waals surface area contributed by atoms with E-state index in [2.05, 4.69) is 29.2 Å². The van der Waals surface area contributed by atoms with Crippen LogP contribution in [0.5, 0.6) is 0 Å². The van der Waals surface area contributed by atoms with Gasteiger partial charge in [0.05, 0.1) is 0 Å². The molecule has 2 aliphatic heterocycles. The van der Waals surface area contributed by atoms with Crippen molar-refractivity contribution >= 4 is 28.9 Å². The first kappa shape index (κ1) is 17.9. The Hall–Kier alpha value is -2.13. The average Bonchev–Trinajstić information content (AvgIpc) is 2.72. The Kier molecular flexibility index (Phi) is 4.31. The first-order chi connectivity index (χ1) is 13.6. The van der Waals surface area contributed by atoms with Crippen LogP contribution >= 0.6 is 11.6 Å². The van der Waals surface area contributed by atoms with Crippen LogP contribution in [0, 0.1) is 5.41 Å². The van der Waals surface area contributed by atoms with Crippen LogP contribution in [0.15, 0.2) is 48.5 Å². The molecule has 0 amide bonds. The third-order valence-electron chi connectivity index (χ3n) is 7.07. The maximum absolute atomic E-state index is 13.3. The summed E-state index contributed by atoms with van der Waals surface area (Å²) >= 11 is 6.31. The monoisotopic (exact) mass is 393 g/mol. The summed E-state index contributed by atoms with van der Waals surface area (Å²) in [6.07, 6.45) is 4.13. The Morgan fingerprint density at radius 1 is 1.00 bits per heavy atom.